The summed E-state index contributed by atoms with van der Waals surface area (Å²) in [5, 5.41) is 7.83. The molecule has 0 aromatic heterocycles. The van der Waals surface area contributed by atoms with Gasteiger partial charge in [0, 0.05) is 0 Å². The summed E-state index contributed by atoms with van der Waals surface area (Å²) in [5.74, 6) is 0. The Kier molecular flexibility index (Phi) is 2.11. The first-order chi connectivity index (χ1) is 6.83. The molecule has 2 N–H and O–H groups in total. The molecule has 0 bridgehead atoms. The lowest BCUT2D eigenvalue weighted by Crippen LogP contribution is -2.51. The highest BCUT2D eigenvalue weighted by molar-refractivity contribution is 8.33. The summed E-state index contributed by atoms with van der Waals surface area (Å²) in [4.78, 5) is 4.64. The molecule has 3 rings (SSSR count). The lowest BCUT2D eigenvalue weighted by molar-refractivity contribution is 0.452. The molecule has 0 aromatic carbocycles. The fourth-order valence-electron chi connectivity index (χ4n) is 2.05. The zero-order valence-corrected chi connectivity index (χ0v) is 9.25. The summed E-state index contributed by atoms with van der Waals surface area (Å²) in [5.41, 5.74) is 1.21. The quantitative estimate of drug-likeness (QED) is 0.611. The molecular weight excluding hydrogens is 214 g/mol. The number of hydrogen-bond acceptors (Lipinski definition) is 4. The molecule has 5 heteroatoms. The molecule has 0 radical (unpaired) electrons. The van der Waals surface area contributed by atoms with Crippen molar-refractivity contribution in [2.75, 3.05) is 0 Å². The van der Waals surface area contributed by atoms with E-state index in [9.17, 15) is 0 Å². The van der Waals surface area contributed by atoms with Gasteiger partial charge in [-0.3, -0.25) is 5.32 Å². The summed E-state index contributed by atoms with van der Waals surface area (Å²) in [6.45, 7) is 0. The zero-order chi connectivity index (χ0) is 9.54. The third kappa shape index (κ3) is 1.39. The average Bonchev–Trinajstić information content (AvgIpc) is 2.53. The van der Waals surface area contributed by atoms with Gasteiger partial charge in [-0.25, -0.2) is 4.99 Å². The second kappa shape index (κ2) is 3.32. The van der Waals surface area contributed by atoms with Crippen LogP contribution in [0.2, 0.25) is 0 Å². The van der Waals surface area contributed by atoms with Crippen molar-refractivity contribution in [2.24, 2.45) is 4.99 Å². The van der Waals surface area contributed by atoms with Crippen molar-refractivity contribution in [1.82, 2.24) is 10.6 Å². The van der Waals surface area contributed by atoms with Gasteiger partial charge in [0.2, 0.25) is 0 Å². The number of thioether (sulfide) groups is 1. The van der Waals surface area contributed by atoms with Gasteiger partial charge in [-0.15, -0.1) is 0 Å². The molecule has 2 heterocycles. The molecule has 2 aliphatic heterocycles. The van der Waals surface area contributed by atoms with Gasteiger partial charge in [-0.2, -0.15) is 0 Å². The molecule has 2 unspecified atom stereocenters. The molecule has 0 saturated carbocycles. The van der Waals surface area contributed by atoms with Crippen LogP contribution in [-0.2, 0) is 0 Å². The molecule has 14 heavy (non-hydrogen) atoms. The second-order valence-electron chi connectivity index (χ2n) is 3.70. The third-order valence-corrected chi connectivity index (χ3v) is 3.93. The van der Waals surface area contributed by atoms with Crippen LogP contribution >= 0.6 is 24.0 Å². The molecule has 0 spiro atoms. The van der Waals surface area contributed by atoms with E-state index in [0.29, 0.717) is 6.04 Å². The normalized spacial score (nSPS) is 35.3. The maximum absolute atomic E-state index is 5.11. The number of allylic oxidation sites excluding steroid dienone is 1. The van der Waals surface area contributed by atoms with Crippen molar-refractivity contribution in [1.29, 1.82) is 0 Å². The summed E-state index contributed by atoms with van der Waals surface area (Å²) < 4.78 is 0.834. The predicted octanol–water partition coefficient (Wildman–Crippen LogP) is 1.37. The van der Waals surface area contributed by atoms with Crippen LogP contribution in [0.25, 0.3) is 0 Å². The number of nitrogens with one attached hydrogen (secondary N) is 2. The molecular formula is C9H11N3S2. The highest BCUT2D eigenvalue weighted by atomic mass is 32.2. The van der Waals surface area contributed by atoms with Crippen molar-refractivity contribution in [3.8, 4) is 0 Å². The molecule has 0 aromatic rings. The van der Waals surface area contributed by atoms with E-state index in [0.717, 1.165) is 15.8 Å². The van der Waals surface area contributed by atoms with Crippen molar-refractivity contribution in [2.45, 2.75) is 31.5 Å². The summed E-state index contributed by atoms with van der Waals surface area (Å²) in [6, 6.07) is 0.437. The Morgan fingerprint density at radius 1 is 1.57 bits per heavy atom. The van der Waals surface area contributed by atoms with Crippen LogP contribution in [0.5, 0.6) is 0 Å². The van der Waals surface area contributed by atoms with E-state index in [4.69, 9.17) is 12.2 Å². The zero-order valence-electron chi connectivity index (χ0n) is 7.62. The standard InChI is InChI=1S/C9H11N3S2/c13-9-12-7-8(14-9)11-6-4-2-1-3-5(6)10-7/h4-5,7,10H,1-3H2,(H,12,13). The topological polar surface area (TPSA) is 36.4 Å². The molecule has 1 saturated heterocycles. The first kappa shape index (κ1) is 8.88. The largest absolute Gasteiger partial charge is 0.350 e. The van der Waals surface area contributed by atoms with Crippen LogP contribution in [0.4, 0.5) is 0 Å². The van der Waals surface area contributed by atoms with E-state index in [-0.39, 0.29) is 6.17 Å². The van der Waals surface area contributed by atoms with Gasteiger partial charge in [-0.05, 0) is 31.0 Å². The van der Waals surface area contributed by atoms with Crippen LogP contribution in [0.15, 0.2) is 16.8 Å². The average molecular weight is 225 g/mol. The Hall–Kier alpha value is -0.390. The Morgan fingerprint density at radius 2 is 2.50 bits per heavy atom. The molecule has 1 fully saturated rings. The number of hydrogen-bond donors (Lipinski definition) is 2. The van der Waals surface area contributed by atoms with Crippen LogP contribution in [0.3, 0.4) is 0 Å². The highest BCUT2D eigenvalue weighted by Gasteiger charge is 2.34. The molecule has 0 amide bonds. The van der Waals surface area contributed by atoms with Crippen molar-refractivity contribution in [3.63, 3.8) is 0 Å². The lowest BCUT2D eigenvalue weighted by Gasteiger charge is -2.30. The molecule has 3 nitrogen and oxygen atoms in total. The second-order valence-corrected chi connectivity index (χ2v) is 5.39. The van der Waals surface area contributed by atoms with E-state index < -0.39 is 0 Å². The Balaban J connectivity index is 1.94. The van der Waals surface area contributed by atoms with Gasteiger partial charge in [0.1, 0.15) is 15.5 Å². The monoisotopic (exact) mass is 225 g/mol. The molecule has 74 valence electrons. The molecule has 2 atom stereocenters. The maximum Gasteiger partial charge on any atom is 0.141 e. The summed E-state index contributed by atoms with van der Waals surface area (Å²) in [7, 11) is 0. The van der Waals surface area contributed by atoms with Crippen molar-refractivity contribution in [3.05, 3.63) is 11.8 Å². The maximum atomic E-state index is 5.11. The Labute approximate surface area is 92.4 Å². The number of nitrogens with zero attached hydrogens (tertiary/aromatic N) is 1. The molecule has 3 aliphatic rings. The third-order valence-electron chi connectivity index (χ3n) is 2.72. The molecule has 1 aliphatic carbocycles. The number of rotatable bonds is 0. The van der Waals surface area contributed by atoms with E-state index in [1.807, 2.05) is 0 Å². The fourth-order valence-corrected chi connectivity index (χ4v) is 3.18. The van der Waals surface area contributed by atoms with Crippen molar-refractivity contribution >= 4 is 33.3 Å². The van der Waals surface area contributed by atoms with Gasteiger partial charge in [0.25, 0.3) is 0 Å². The lowest BCUT2D eigenvalue weighted by atomic mass is 9.98. The summed E-state index contributed by atoms with van der Waals surface area (Å²) >= 11 is 6.68. The highest BCUT2D eigenvalue weighted by Crippen LogP contribution is 2.28. The van der Waals surface area contributed by atoms with E-state index in [1.165, 1.54) is 18.5 Å². The van der Waals surface area contributed by atoms with Crippen LogP contribution < -0.4 is 10.6 Å². The van der Waals surface area contributed by atoms with Gasteiger partial charge >= 0.3 is 0 Å². The minimum Gasteiger partial charge on any atom is -0.350 e. The van der Waals surface area contributed by atoms with E-state index in [2.05, 4.69) is 21.7 Å². The van der Waals surface area contributed by atoms with E-state index >= 15 is 0 Å². The predicted molar refractivity (Wildman–Crippen MR) is 63.4 cm³/mol. The minimum atomic E-state index is 0.174. The Morgan fingerprint density at radius 3 is 3.43 bits per heavy atom. The van der Waals surface area contributed by atoms with Crippen LogP contribution in [-0.4, -0.2) is 21.6 Å². The van der Waals surface area contributed by atoms with Crippen molar-refractivity contribution < 1.29 is 0 Å². The van der Waals surface area contributed by atoms with Gasteiger partial charge < -0.3 is 5.32 Å². The van der Waals surface area contributed by atoms with E-state index in [1.54, 1.807) is 11.8 Å². The number of thiocarbonyl (C=S) groups is 1. The number of aliphatic imine (C=N–C) groups is 1. The number of fused-ring (bicyclic) bond motifs is 2. The first-order valence-electron chi connectivity index (χ1n) is 4.86. The van der Waals surface area contributed by atoms with Crippen LogP contribution in [0, 0.1) is 0 Å². The first-order valence-corrected chi connectivity index (χ1v) is 6.08. The smallest absolute Gasteiger partial charge is 0.141 e. The van der Waals surface area contributed by atoms with Gasteiger partial charge in [0.05, 0.1) is 11.7 Å². The van der Waals surface area contributed by atoms with Crippen LogP contribution in [0.1, 0.15) is 19.3 Å². The SMILES string of the molecule is S=C1NC2NC3CCCC=C3N=C2S1. The Bertz CT molecular complexity index is 348. The van der Waals surface area contributed by atoms with Gasteiger partial charge in [-0.1, -0.05) is 18.3 Å². The minimum absolute atomic E-state index is 0.174. The summed E-state index contributed by atoms with van der Waals surface area (Å²) in [6.07, 6.45) is 6.03. The fraction of sp³-hybridized carbons (Fsp3) is 0.556. The van der Waals surface area contributed by atoms with Gasteiger partial charge in [0.15, 0.2) is 0 Å².